The highest BCUT2D eigenvalue weighted by Gasteiger charge is 2.18. The fourth-order valence-electron chi connectivity index (χ4n) is 1.41. The standard InChI is InChI=1S/C9H14ClN3O/c1-4-6-12-8(10)7(9(14)11-3)13(6)5-2/h4-5H2,1-3H3,(H,11,14). The van der Waals surface area contributed by atoms with Crippen LogP contribution in [-0.2, 0) is 13.0 Å². The van der Waals surface area contributed by atoms with Gasteiger partial charge in [-0.1, -0.05) is 18.5 Å². The Hall–Kier alpha value is -1.03. The Labute approximate surface area is 88.3 Å². The van der Waals surface area contributed by atoms with E-state index >= 15 is 0 Å². The third kappa shape index (κ3) is 1.75. The molecule has 1 rings (SSSR count). The van der Waals surface area contributed by atoms with E-state index < -0.39 is 0 Å². The number of nitrogens with zero attached hydrogens (tertiary/aromatic N) is 2. The topological polar surface area (TPSA) is 46.9 Å². The smallest absolute Gasteiger partial charge is 0.270 e. The van der Waals surface area contributed by atoms with Crippen LogP contribution in [0.2, 0.25) is 5.15 Å². The van der Waals surface area contributed by atoms with E-state index in [0.29, 0.717) is 12.2 Å². The Balaban J connectivity index is 3.25. The van der Waals surface area contributed by atoms with Crippen molar-refractivity contribution >= 4 is 17.5 Å². The highest BCUT2D eigenvalue weighted by Crippen LogP contribution is 2.17. The number of hydrogen-bond donors (Lipinski definition) is 1. The summed E-state index contributed by atoms with van der Waals surface area (Å²) in [5.41, 5.74) is 0.452. The Morgan fingerprint density at radius 1 is 1.57 bits per heavy atom. The van der Waals surface area contributed by atoms with Crippen molar-refractivity contribution in [2.45, 2.75) is 26.8 Å². The third-order valence-corrected chi connectivity index (χ3v) is 2.34. The highest BCUT2D eigenvalue weighted by molar-refractivity contribution is 6.32. The molecule has 0 aliphatic rings. The molecule has 0 radical (unpaired) electrons. The van der Waals surface area contributed by atoms with Crippen LogP contribution in [0.4, 0.5) is 0 Å². The number of rotatable bonds is 3. The predicted octanol–water partition coefficient (Wildman–Crippen LogP) is 1.48. The normalized spacial score (nSPS) is 10.3. The second-order valence-electron chi connectivity index (χ2n) is 2.84. The van der Waals surface area contributed by atoms with Gasteiger partial charge in [-0.15, -0.1) is 0 Å². The number of amides is 1. The molecule has 0 atom stereocenters. The number of nitrogens with one attached hydrogen (secondary N) is 1. The first kappa shape index (κ1) is 11.0. The first-order chi connectivity index (χ1) is 6.65. The van der Waals surface area contributed by atoms with Crippen LogP contribution in [0.25, 0.3) is 0 Å². The zero-order chi connectivity index (χ0) is 10.7. The predicted molar refractivity (Wildman–Crippen MR) is 55.7 cm³/mol. The maximum absolute atomic E-state index is 11.5. The fourth-order valence-corrected chi connectivity index (χ4v) is 1.70. The number of aryl methyl sites for hydroxylation is 1. The fraction of sp³-hybridized carbons (Fsp3) is 0.556. The van der Waals surface area contributed by atoms with Crippen molar-refractivity contribution in [2.24, 2.45) is 0 Å². The second-order valence-corrected chi connectivity index (χ2v) is 3.20. The van der Waals surface area contributed by atoms with Crippen LogP contribution in [0.5, 0.6) is 0 Å². The lowest BCUT2D eigenvalue weighted by Gasteiger charge is -2.06. The van der Waals surface area contributed by atoms with E-state index in [-0.39, 0.29) is 11.1 Å². The molecule has 1 aromatic heterocycles. The Morgan fingerprint density at radius 3 is 2.64 bits per heavy atom. The molecule has 0 saturated carbocycles. The van der Waals surface area contributed by atoms with Gasteiger partial charge in [0.05, 0.1) is 0 Å². The van der Waals surface area contributed by atoms with Gasteiger partial charge in [-0.05, 0) is 6.92 Å². The molecule has 1 N–H and O–H groups in total. The van der Waals surface area contributed by atoms with E-state index in [2.05, 4.69) is 10.3 Å². The molecule has 14 heavy (non-hydrogen) atoms. The number of imidazole rings is 1. The molecular weight excluding hydrogens is 202 g/mol. The lowest BCUT2D eigenvalue weighted by Crippen LogP contribution is -2.22. The van der Waals surface area contributed by atoms with Crippen molar-refractivity contribution in [1.82, 2.24) is 14.9 Å². The van der Waals surface area contributed by atoms with E-state index in [1.54, 1.807) is 7.05 Å². The third-order valence-electron chi connectivity index (χ3n) is 2.08. The zero-order valence-corrected chi connectivity index (χ0v) is 9.35. The molecule has 4 nitrogen and oxygen atoms in total. The molecule has 0 spiro atoms. The first-order valence-corrected chi connectivity index (χ1v) is 5.00. The maximum atomic E-state index is 11.5. The maximum Gasteiger partial charge on any atom is 0.270 e. The second kappa shape index (κ2) is 4.46. The number of halogens is 1. The molecule has 0 fully saturated rings. The molecule has 0 unspecified atom stereocenters. The number of carbonyl (C=O) groups is 1. The van der Waals surface area contributed by atoms with E-state index in [1.807, 2.05) is 18.4 Å². The summed E-state index contributed by atoms with van der Waals surface area (Å²) in [4.78, 5) is 15.6. The van der Waals surface area contributed by atoms with Crippen LogP contribution in [0.15, 0.2) is 0 Å². The molecule has 1 aromatic rings. The Bertz CT molecular complexity index is 346. The molecule has 5 heteroatoms. The van der Waals surface area contributed by atoms with Gasteiger partial charge in [0.25, 0.3) is 5.91 Å². The molecule has 0 aromatic carbocycles. The molecule has 1 heterocycles. The number of carbonyl (C=O) groups excluding carboxylic acids is 1. The molecule has 78 valence electrons. The van der Waals surface area contributed by atoms with Crippen LogP contribution < -0.4 is 5.32 Å². The lowest BCUT2D eigenvalue weighted by molar-refractivity contribution is 0.0954. The Kier molecular flexibility index (Phi) is 3.52. The number of aromatic nitrogens is 2. The van der Waals surface area contributed by atoms with Crippen molar-refractivity contribution < 1.29 is 4.79 Å². The highest BCUT2D eigenvalue weighted by atomic mass is 35.5. The molecule has 0 aliphatic heterocycles. The van der Waals surface area contributed by atoms with Crippen molar-refractivity contribution in [3.63, 3.8) is 0 Å². The summed E-state index contributed by atoms with van der Waals surface area (Å²) in [7, 11) is 1.58. The van der Waals surface area contributed by atoms with Crippen molar-refractivity contribution in [1.29, 1.82) is 0 Å². The van der Waals surface area contributed by atoms with Gasteiger partial charge in [-0.3, -0.25) is 4.79 Å². The van der Waals surface area contributed by atoms with Crippen molar-refractivity contribution in [3.05, 3.63) is 16.7 Å². The molecular formula is C9H14ClN3O. The summed E-state index contributed by atoms with van der Waals surface area (Å²) in [5, 5.41) is 2.83. The van der Waals surface area contributed by atoms with E-state index in [9.17, 15) is 4.79 Å². The van der Waals surface area contributed by atoms with Crippen LogP contribution >= 0.6 is 11.6 Å². The minimum absolute atomic E-state index is 0.191. The van der Waals surface area contributed by atoms with E-state index in [4.69, 9.17) is 11.6 Å². The largest absolute Gasteiger partial charge is 0.354 e. The van der Waals surface area contributed by atoms with Gasteiger partial charge in [-0.25, -0.2) is 4.98 Å². The van der Waals surface area contributed by atoms with Gasteiger partial charge >= 0.3 is 0 Å². The average molecular weight is 216 g/mol. The SMILES string of the molecule is CCc1nc(Cl)c(C(=O)NC)n1CC. The summed E-state index contributed by atoms with van der Waals surface area (Å²) in [6, 6.07) is 0. The zero-order valence-electron chi connectivity index (χ0n) is 8.59. The number of hydrogen-bond acceptors (Lipinski definition) is 2. The van der Waals surface area contributed by atoms with Gasteiger partial charge < -0.3 is 9.88 Å². The van der Waals surface area contributed by atoms with Crippen LogP contribution in [0.3, 0.4) is 0 Å². The average Bonchev–Trinajstić information content (AvgIpc) is 2.53. The Morgan fingerprint density at radius 2 is 2.21 bits per heavy atom. The lowest BCUT2D eigenvalue weighted by atomic mass is 10.4. The van der Waals surface area contributed by atoms with Crippen LogP contribution in [0, 0.1) is 0 Å². The van der Waals surface area contributed by atoms with Gasteiger partial charge in [0.1, 0.15) is 11.5 Å². The van der Waals surface area contributed by atoms with Gasteiger partial charge in [0.2, 0.25) is 0 Å². The van der Waals surface area contributed by atoms with Gasteiger partial charge in [0.15, 0.2) is 5.15 Å². The van der Waals surface area contributed by atoms with E-state index in [1.165, 1.54) is 0 Å². The molecule has 1 amide bonds. The minimum atomic E-state index is -0.191. The summed E-state index contributed by atoms with van der Waals surface area (Å²) in [5.74, 6) is 0.653. The molecule has 0 aliphatic carbocycles. The van der Waals surface area contributed by atoms with Crippen LogP contribution in [-0.4, -0.2) is 22.5 Å². The summed E-state index contributed by atoms with van der Waals surface area (Å²) < 4.78 is 1.83. The first-order valence-electron chi connectivity index (χ1n) is 4.62. The quantitative estimate of drug-likeness (QED) is 0.830. The van der Waals surface area contributed by atoms with Crippen molar-refractivity contribution in [2.75, 3.05) is 7.05 Å². The monoisotopic (exact) mass is 215 g/mol. The molecule has 0 saturated heterocycles. The van der Waals surface area contributed by atoms with Gasteiger partial charge in [0, 0.05) is 20.0 Å². The summed E-state index contributed by atoms with van der Waals surface area (Å²) in [6.45, 7) is 4.65. The van der Waals surface area contributed by atoms with E-state index in [0.717, 1.165) is 12.2 Å². The minimum Gasteiger partial charge on any atom is -0.354 e. The summed E-state index contributed by atoms with van der Waals surface area (Å²) >= 11 is 5.89. The summed E-state index contributed by atoms with van der Waals surface area (Å²) in [6.07, 6.45) is 0.768. The van der Waals surface area contributed by atoms with Crippen LogP contribution in [0.1, 0.15) is 30.2 Å². The van der Waals surface area contributed by atoms with Crippen molar-refractivity contribution in [3.8, 4) is 0 Å². The molecule has 0 bridgehead atoms. The van der Waals surface area contributed by atoms with Gasteiger partial charge in [-0.2, -0.15) is 0 Å².